The van der Waals surface area contributed by atoms with E-state index in [-0.39, 0.29) is 12.0 Å². The van der Waals surface area contributed by atoms with Crippen molar-refractivity contribution in [3.05, 3.63) is 217 Å². The lowest BCUT2D eigenvalue weighted by Crippen LogP contribution is -2.22. The number of hydrogen-bond donors (Lipinski definition) is 0. The number of para-hydroxylation sites is 1. The fraction of sp³-hybridized carbons (Fsp3) is 0.0377. The number of aromatic nitrogens is 3. The fourth-order valence-corrected chi connectivity index (χ4v) is 8.33. The molecule has 57 heavy (non-hydrogen) atoms. The van der Waals surface area contributed by atoms with Crippen LogP contribution in [0.1, 0.15) is 22.9 Å². The summed E-state index contributed by atoms with van der Waals surface area (Å²) in [5, 5.41) is 4.76. The first-order valence-corrected chi connectivity index (χ1v) is 19.4. The van der Waals surface area contributed by atoms with Gasteiger partial charge in [0.05, 0.1) is 5.92 Å². The minimum atomic E-state index is -0.211. The number of allylic oxidation sites excluding steroid dienone is 2. The standard InChI is InChI=1S/C53H35N3O/c1-2-10-34(11-3-1)37-18-20-39(21-19-37)45-32-47(50-46-16-8-9-17-48(46)57-49(50)33-45)53-55-51(54-52(56-53)44-29-25-36-13-5-7-15-42(36)31-44)40-26-22-38(23-27-40)43-28-24-35-12-4-6-14-41(35)30-43/h1-33,49-50H. The first kappa shape index (κ1) is 33.0. The molecule has 0 amide bonds. The molecule has 8 aromatic carbocycles. The van der Waals surface area contributed by atoms with E-state index in [1.807, 2.05) is 12.1 Å². The quantitative estimate of drug-likeness (QED) is 0.171. The molecule has 2 aliphatic rings. The van der Waals surface area contributed by atoms with Crippen LogP contribution in [0.3, 0.4) is 0 Å². The van der Waals surface area contributed by atoms with E-state index in [1.165, 1.54) is 32.8 Å². The maximum atomic E-state index is 6.68. The number of rotatable bonds is 6. The highest BCUT2D eigenvalue weighted by Crippen LogP contribution is 2.49. The lowest BCUT2D eigenvalue weighted by Gasteiger charge is -2.25. The molecule has 0 fully saturated rings. The van der Waals surface area contributed by atoms with Crippen molar-refractivity contribution in [2.45, 2.75) is 12.0 Å². The SMILES string of the molecule is C1=C(c2ccc(-c3ccccc3)cc2)C=C(c2nc(-c3ccc(-c4ccc5ccccc5c4)cc3)nc(-c3ccc4ccccc4c3)n2)C2c3ccccc3OC12. The third-order valence-corrected chi connectivity index (χ3v) is 11.3. The van der Waals surface area contributed by atoms with E-state index in [4.69, 9.17) is 19.7 Å². The highest BCUT2D eigenvalue weighted by molar-refractivity contribution is 5.91. The van der Waals surface area contributed by atoms with Gasteiger partial charge in [0.15, 0.2) is 17.5 Å². The van der Waals surface area contributed by atoms with Crippen molar-refractivity contribution in [2.75, 3.05) is 0 Å². The van der Waals surface area contributed by atoms with Crippen molar-refractivity contribution in [1.29, 1.82) is 0 Å². The summed E-state index contributed by atoms with van der Waals surface area (Å²) in [7, 11) is 0. The van der Waals surface area contributed by atoms with Crippen molar-refractivity contribution in [1.82, 2.24) is 15.0 Å². The molecule has 2 unspecified atom stereocenters. The maximum absolute atomic E-state index is 6.68. The Morgan fingerprint density at radius 2 is 0.860 bits per heavy atom. The van der Waals surface area contributed by atoms with Crippen LogP contribution >= 0.6 is 0 Å². The van der Waals surface area contributed by atoms with Gasteiger partial charge in [-0.3, -0.25) is 0 Å². The topological polar surface area (TPSA) is 47.9 Å². The summed E-state index contributed by atoms with van der Waals surface area (Å²) < 4.78 is 6.68. The van der Waals surface area contributed by atoms with E-state index < -0.39 is 0 Å². The van der Waals surface area contributed by atoms with Crippen molar-refractivity contribution in [3.8, 4) is 50.8 Å². The van der Waals surface area contributed by atoms with Gasteiger partial charge in [0, 0.05) is 22.3 Å². The van der Waals surface area contributed by atoms with E-state index in [1.54, 1.807) is 0 Å². The normalized spacial score (nSPS) is 15.7. The Labute approximate surface area is 331 Å². The molecule has 0 spiro atoms. The van der Waals surface area contributed by atoms with Crippen LogP contribution in [0, 0.1) is 0 Å². The Morgan fingerprint density at radius 1 is 0.368 bits per heavy atom. The number of benzene rings is 8. The monoisotopic (exact) mass is 729 g/mol. The maximum Gasteiger partial charge on any atom is 0.164 e. The molecule has 9 aromatic rings. The van der Waals surface area contributed by atoms with Crippen LogP contribution in [0.4, 0.5) is 0 Å². The summed E-state index contributed by atoms with van der Waals surface area (Å²) in [5.41, 5.74) is 10.9. The molecule has 2 heterocycles. The third-order valence-electron chi connectivity index (χ3n) is 11.3. The van der Waals surface area contributed by atoms with Gasteiger partial charge in [-0.15, -0.1) is 0 Å². The molecule has 268 valence electrons. The largest absolute Gasteiger partial charge is 0.485 e. The van der Waals surface area contributed by atoms with Gasteiger partial charge in [-0.25, -0.2) is 15.0 Å². The van der Waals surface area contributed by atoms with Crippen LogP contribution in [0.15, 0.2) is 200 Å². The second-order valence-corrected chi connectivity index (χ2v) is 14.8. The van der Waals surface area contributed by atoms with E-state index in [0.29, 0.717) is 17.5 Å². The van der Waals surface area contributed by atoms with Gasteiger partial charge in [0.25, 0.3) is 0 Å². The number of nitrogens with zero attached hydrogens (tertiary/aromatic N) is 3. The molecule has 0 radical (unpaired) electrons. The van der Waals surface area contributed by atoms with Crippen LogP contribution in [0.5, 0.6) is 5.75 Å². The minimum absolute atomic E-state index is 0.0801. The molecule has 0 N–H and O–H groups in total. The molecule has 0 saturated heterocycles. The van der Waals surface area contributed by atoms with Gasteiger partial charge in [-0.05, 0) is 85.3 Å². The summed E-state index contributed by atoms with van der Waals surface area (Å²) >= 11 is 0. The van der Waals surface area contributed by atoms with Gasteiger partial charge < -0.3 is 4.74 Å². The Balaban J connectivity index is 1.05. The van der Waals surface area contributed by atoms with Crippen LogP contribution < -0.4 is 4.74 Å². The zero-order chi connectivity index (χ0) is 37.7. The molecule has 0 saturated carbocycles. The number of ether oxygens (including phenoxy) is 1. The predicted octanol–water partition coefficient (Wildman–Crippen LogP) is 12.9. The molecule has 1 aromatic heterocycles. The van der Waals surface area contributed by atoms with Gasteiger partial charge in [0.2, 0.25) is 0 Å². The first-order valence-electron chi connectivity index (χ1n) is 19.4. The lowest BCUT2D eigenvalue weighted by atomic mass is 9.80. The molecular weight excluding hydrogens is 695 g/mol. The molecular formula is C53H35N3O. The highest BCUT2D eigenvalue weighted by atomic mass is 16.5. The second kappa shape index (κ2) is 13.7. The van der Waals surface area contributed by atoms with Crippen LogP contribution in [-0.4, -0.2) is 21.1 Å². The summed E-state index contributed by atoms with van der Waals surface area (Å²) in [5.74, 6) is 2.71. The van der Waals surface area contributed by atoms with Gasteiger partial charge in [-0.2, -0.15) is 0 Å². The van der Waals surface area contributed by atoms with Crippen LogP contribution in [-0.2, 0) is 0 Å². The highest BCUT2D eigenvalue weighted by Gasteiger charge is 2.40. The number of fused-ring (bicyclic) bond motifs is 5. The Morgan fingerprint density at radius 3 is 1.58 bits per heavy atom. The van der Waals surface area contributed by atoms with Gasteiger partial charge >= 0.3 is 0 Å². The third kappa shape index (κ3) is 6.09. The van der Waals surface area contributed by atoms with Crippen molar-refractivity contribution in [2.24, 2.45) is 0 Å². The van der Waals surface area contributed by atoms with Gasteiger partial charge in [-0.1, -0.05) is 170 Å². The molecule has 11 rings (SSSR count). The van der Waals surface area contributed by atoms with E-state index in [2.05, 4.69) is 188 Å². The fourth-order valence-electron chi connectivity index (χ4n) is 8.33. The summed E-state index contributed by atoms with van der Waals surface area (Å²) in [6.45, 7) is 0. The summed E-state index contributed by atoms with van der Waals surface area (Å²) in [4.78, 5) is 15.8. The summed E-state index contributed by atoms with van der Waals surface area (Å²) in [6, 6.07) is 66.1. The Kier molecular flexibility index (Phi) is 7.92. The Bertz CT molecular complexity index is 3040. The molecule has 1 aliphatic heterocycles. The van der Waals surface area contributed by atoms with Crippen molar-refractivity contribution in [3.63, 3.8) is 0 Å². The minimum Gasteiger partial charge on any atom is -0.485 e. The van der Waals surface area contributed by atoms with E-state index >= 15 is 0 Å². The molecule has 2 atom stereocenters. The predicted molar refractivity (Wildman–Crippen MR) is 233 cm³/mol. The second-order valence-electron chi connectivity index (χ2n) is 14.8. The number of hydrogen-bond acceptors (Lipinski definition) is 4. The summed E-state index contributed by atoms with van der Waals surface area (Å²) in [6.07, 6.45) is 4.30. The van der Waals surface area contributed by atoms with Crippen LogP contribution in [0.2, 0.25) is 0 Å². The molecule has 4 heteroatoms. The molecule has 0 bridgehead atoms. The Hall–Kier alpha value is -7.43. The van der Waals surface area contributed by atoms with Crippen molar-refractivity contribution < 1.29 is 4.74 Å². The van der Waals surface area contributed by atoms with E-state index in [0.717, 1.165) is 50.1 Å². The lowest BCUT2D eigenvalue weighted by molar-refractivity contribution is 0.272. The van der Waals surface area contributed by atoms with Gasteiger partial charge in [0.1, 0.15) is 11.9 Å². The van der Waals surface area contributed by atoms with E-state index in [9.17, 15) is 0 Å². The average molecular weight is 730 g/mol. The molecule has 1 aliphatic carbocycles. The zero-order valence-corrected chi connectivity index (χ0v) is 31.0. The first-order chi connectivity index (χ1) is 28.2. The van der Waals surface area contributed by atoms with Crippen molar-refractivity contribution >= 4 is 32.7 Å². The smallest absolute Gasteiger partial charge is 0.164 e. The zero-order valence-electron chi connectivity index (χ0n) is 31.0. The average Bonchev–Trinajstić information content (AvgIpc) is 3.67. The molecule has 4 nitrogen and oxygen atoms in total. The van der Waals surface area contributed by atoms with Crippen LogP contribution in [0.25, 0.3) is 77.7 Å².